The predicted molar refractivity (Wildman–Crippen MR) is 143 cm³/mol. The maximum absolute atomic E-state index is 11.1. The molecule has 0 saturated carbocycles. The summed E-state index contributed by atoms with van der Waals surface area (Å²) >= 11 is 0. The Hall–Kier alpha value is -2.86. The molecule has 0 amide bonds. The maximum atomic E-state index is 11.1. The monoisotopic (exact) mass is 486 g/mol. The van der Waals surface area contributed by atoms with Crippen molar-refractivity contribution in [3.63, 3.8) is 0 Å². The van der Waals surface area contributed by atoms with Crippen LogP contribution in [0.15, 0.2) is 78.9 Å². The summed E-state index contributed by atoms with van der Waals surface area (Å²) in [5.74, 6) is 1.48. The molecular weight excluding hydrogens is 448 g/mol. The highest BCUT2D eigenvalue weighted by Gasteiger charge is 2.43. The number of ether oxygens (including phenoxy) is 2. The molecule has 5 nitrogen and oxygen atoms in total. The topological polar surface area (TPSA) is 45.2 Å². The number of benzene rings is 3. The molecule has 2 heterocycles. The fourth-order valence-electron chi connectivity index (χ4n) is 6.25. The molecule has 2 fully saturated rings. The number of piperidine rings is 2. The van der Waals surface area contributed by atoms with Crippen molar-refractivity contribution < 1.29 is 14.6 Å². The first-order valence-corrected chi connectivity index (χ1v) is 13.1. The molecule has 0 radical (unpaired) electrons. The minimum atomic E-state index is -0.319. The van der Waals surface area contributed by atoms with Gasteiger partial charge in [-0.15, -0.1) is 0 Å². The molecule has 3 unspecified atom stereocenters. The van der Waals surface area contributed by atoms with E-state index in [1.807, 2.05) is 6.07 Å². The predicted octanol–water partition coefficient (Wildman–Crippen LogP) is 5.44. The van der Waals surface area contributed by atoms with Crippen molar-refractivity contribution in [2.24, 2.45) is 0 Å². The van der Waals surface area contributed by atoms with E-state index in [0.717, 1.165) is 56.8 Å². The van der Waals surface area contributed by atoms with E-state index < -0.39 is 0 Å². The van der Waals surface area contributed by atoms with Gasteiger partial charge in [0, 0.05) is 31.2 Å². The van der Waals surface area contributed by atoms with Gasteiger partial charge in [-0.2, -0.15) is 0 Å². The summed E-state index contributed by atoms with van der Waals surface area (Å²) in [5.41, 5.74) is 3.85. The highest BCUT2D eigenvalue weighted by molar-refractivity contribution is 5.44. The maximum Gasteiger partial charge on any atom is 0.161 e. The summed E-state index contributed by atoms with van der Waals surface area (Å²) in [7, 11) is 3.35. The van der Waals surface area contributed by atoms with E-state index >= 15 is 0 Å². The van der Waals surface area contributed by atoms with Crippen LogP contribution in [0.25, 0.3) is 0 Å². The third kappa shape index (κ3) is 5.44. The van der Waals surface area contributed by atoms with Gasteiger partial charge < -0.3 is 14.6 Å². The van der Waals surface area contributed by atoms with Crippen molar-refractivity contribution in [2.45, 2.75) is 63.0 Å². The van der Waals surface area contributed by atoms with Crippen molar-refractivity contribution in [1.29, 1.82) is 0 Å². The first kappa shape index (κ1) is 24.8. The van der Waals surface area contributed by atoms with Crippen LogP contribution < -0.4 is 9.47 Å². The van der Waals surface area contributed by atoms with Crippen LogP contribution in [0.3, 0.4) is 0 Å². The molecule has 0 spiro atoms. The molecule has 190 valence electrons. The zero-order valence-corrected chi connectivity index (χ0v) is 21.4. The van der Waals surface area contributed by atoms with Crippen LogP contribution in [0, 0.1) is 0 Å². The molecule has 36 heavy (non-hydrogen) atoms. The van der Waals surface area contributed by atoms with Crippen LogP contribution in [0.5, 0.6) is 11.5 Å². The second-order valence-corrected chi connectivity index (χ2v) is 10.1. The lowest BCUT2D eigenvalue weighted by molar-refractivity contribution is -0.0622. The largest absolute Gasteiger partial charge is 0.493 e. The standard InChI is InChI=1S/C31H38N2O3/c1-35-30-16-15-25(18-31(30)36-2)28-19-26(34)20-29-27(14-9-17-33(28)29)32(21-23-10-5-3-6-11-23)22-24-12-7-4-8-13-24/h3-8,10-13,15-16,18,26-29,34H,9,14,17,19-22H2,1-2H3/t26?,27-,28?,29?/m0/s1. The van der Waals surface area contributed by atoms with Crippen LogP contribution in [0.4, 0.5) is 0 Å². The van der Waals surface area contributed by atoms with Crippen molar-refractivity contribution in [1.82, 2.24) is 9.80 Å². The van der Waals surface area contributed by atoms with Crippen molar-refractivity contribution >= 4 is 0 Å². The van der Waals surface area contributed by atoms with Gasteiger partial charge in [0.25, 0.3) is 0 Å². The molecule has 0 bridgehead atoms. The van der Waals surface area contributed by atoms with Gasteiger partial charge in [0.15, 0.2) is 11.5 Å². The Kier molecular flexibility index (Phi) is 7.90. The second kappa shape index (κ2) is 11.5. The summed E-state index contributed by atoms with van der Waals surface area (Å²) in [6.07, 6.45) is 3.54. The van der Waals surface area contributed by atoms with Gasteiger partial charge in [0.1, 0.15) is 0 Å². The minimum Gasteiger partial charge on any atom is -0.493 e. The molecule has 1 N–H and O–H groups in total. The van der Waals surface area contributed by atoms with Crippen LogP contribution in [-0.4, -0.2) is 53.9 Å². The molecule has 0 aromatic heterocycles. The van der Waals surface area contributed by atoms with E-state index in [1.54, 1.807) is 14.2 Å². The number of methoxy groups -OCH3 is 2. The molecule has 0 aliphatic carbocycles. The summed E-state index contributed by atoms with van der Waals surface area (Å²) < 4.78 is 11.1. The molecular formula is C31H38N2O3. The fraction of sp³-hybridized carbons (Fsp3) is 0.419. The Bertz CT molecular complexity index is 1070. The van der Waals surface area contributed by atoms with Crippen molar-refractivity contribution in [2.75, 3.05) is 20.8 Å². The van der Waals surface area contributed by atoms with Gasteiger partial charge in [0.05, 0.1) is 20.3 Å². The first-order valence-electron chi connectivity index (χ1n) is 13.1. The Morgan fingerprint density at radius 1 is 0.833 bits per heavy atom. The van der Waals surface area contributed by atoms with Gasteiger partial charge in [-0.05, 0) is 61.1 Å². The molecule has 3 aromatic carbocycles. The third-order valence-electron chi connectivity index (χ3n) is 7.91. The quantitative estimate of drug-likeness (QED) is 0.460. The number of aliphatic hydroxyl groups excluding tert-OH is 1. The van der Waals surface area contributed by atoms with Gasteiger partial charge in [-0.3, -0.25) is 9.80 Å². The van der Waals surface area contributed by atoms with Crippen LogP contribution in [-0.2, 0) is 13.1 Å². The van der Waals surface area contributed by atoms with Crippen molar-refractivity contribution in [3.8, 4) is 11.5 Å². The Balaban J connectivity index is 1.45. The third-order valence-corrected chi connectivity index (χ3v) is 7.91. The number of rotatable bonds is 8. The zero-order valence-electron chi connectivity index (χ0n) is 21.4. The lowest BCUT2D eigenvalue weighted by Gasteiger charge is -2.53. The average Bonchev–Trinajstić information content (AvgIpc) is 2.92. The van der Waals surface area contributed by atoms with Gasteiger partial charge in [-0.25, -0.2) is 0 Å². The Morgan fingerprint density at radius 3 is 2.08 bits per heavy atom. The van der Waals surface area contributed by atoms with Crippen LogP contribution in [0.2, 0.25) is 0 Å². The summed E-state index contributed by atoms with van der Waals surface area (Å²) in [6, 6.07) is 28.6. The number of fused-ring (bicyclic) bond motifs is 1. The number of hydrogen-bond acceptors (Lipinski definition) is 5. The Morgan fingerprint density at radius 2 is 1.47 bits per heavy atom. The van der Waals surface area contributed by atoms with Crippen LogP contribution in [0.1, 0.15) is 48.4 Å². The molecule has 5 heteroatoms. The van der Waals surface area contributed by atoms with Crippen molar-refractivity contribution in [3.05, 3.63) is 95.6 Å². The van der Waals surface area contributed by atoms with E-state index in [0.29, 0.717) is 12.1 Å². The smallest absolute Gasteiger partial charge is 0.161 e. The first-order chi connectivity index (χ1) is 17.7. The molecule has 3 aromatic rings. The van der Waals surface area contributed by atoms with E-state index in [1.165, 1.54) is 16.7 Å². The highest BCUT2D eigenvalue weighted by Crippen LogP contribution is 2.42. The highest BCUT2D eigenvalue weighted by atomic mass is 16.5. The summed E-state index contributed by atoms with van der Waals surface area (Å²) in [4.78, 5) is 5.30. The summed E-state index contributed by atoms with van der Waals surface area (Å²) in [5, 5.41) is 11.1. The van der Waals surface area contributed by atoms with E-state index in [4.69, 9.17) is 9.47 Å². The lowest BCUT2D eigenvalue weighted by Crippen LogP contribution is -2.59. The van der Waals surface area contributed by atoms with Gasteiger partial charge in [0.2, 0.25) is 0 Å². The normalized spacial score (nSPS) is 24.3. The number of aliphatic hydroxyl groups is 1. The molecule has 5 rings (SSSR count). The molecule has 2 aliphatic heterocycles. The van der Waals surface area contributed by atoms with E-state index in [2.05, 4.69) is 82.6 Å². The van der Waals surface area contributed by atoms with E-state index in [-0.39, 0.29) is 12.1 Å². The second-order valence-electron chi connectivity index (χ2n) is 10.1. The van der Waals surface area contributed by atoms with Gasteiger partial charge >= 0.3 is 0 Å². The zero-order chi connectivity index (χ0) is 24.9. The molecule has 2 saturated heterocycles. The number of nitrogens with zero attached hydrogens (tertiary/aromatic N) is 2. The number of hydrogen-bond donors (Lipinski definition) is 1. The minimum absolute atomic E-state index is 0.164. The molecule has 4 atom stereocenters. The fourth-order valence-corrected chi connectivity index (χ4v) is 6.25. The average molecular weight is 487 g/mol. The molecule has 2 aliphatic rings. The van der Waals surface area contributed by atoms with Gasteiger partial charge in [-0.1, -0.05) is 66.7 Å². The lowest BCUT2D eigenvalue weighted by atomic mass is 9.81. The Labute approximate surface area is 215 Å². The summed E-state index contributed by atoms with van der Waals surface area (Å²) in [6.45, 7) is 2.86. The van der Waals surface area contributed by atoms with E-state index in [9.17, 15) is 5.11 Å². The SMILES string of the molecule is COc1ccc(C2CC(O)CC3[C@@H](N(Cc4ccccc4)Cc4ccccc4)CCCN23)cc1OC. The van der Waals surface area contributed by atoms with Crippen LogP contribution >= 0.6 is 0 Å².